The second-order valence-corrected chi connectivity index (χ2v) is 16.5. The summed E-state index contributed by atoms with van der Waals surface area (Å²) in [4.78, 5) is 24.8. The molecule has 2 amide bonds. The van der Waals surface area contributed by atoms with E-state index in [1.54, 1.807) is 19.1 Å². The third-order valence-electron chi connectivity index (χ3n) is 7.99. The fraction of sp³-hybridized carbons (Fsp3) is 0.189. The highest BCUT2D eigenvalue weighted by Gasteiger charge is 2.25. The Bertz CT molecular complexity index is 2380. The Morgan fingerprint density at radius 2 is 1.04 bits per heavy atom. The van der Waals surface area contributed by atoms with Crippen LogP contribution in [0.5, 0.6) is 5.75 Å². The minimum Gasteiger partial charge on any atom is -0.508 e. The molecule has 2 heterocycles. The van der Waals surface area contributed by atoms with Crippen LogP contribution in [-0.4, -0.2) is 60.4 Å². The van der Waals surface area contributed by atoms with Crippen LogP contribution in [0.3, 0.4) is 0 Å². The number of aromatic hydroxyl groups is 1. The lowest BCUT2D eigenvalue weighted by Crippen LogP contribution is -2.18. The third-order valence-corrected chi connectivity index (χ3v) is 9.66. The number of nitrogens with one attached hydrogen (secondary N) is 2. The molecule has 15 heteroatoms. The third kappa shape index (κ3) is 8.32. The minimum absolute atomic E-state index is 0.114. The van der Waals surface area contributed by atoms with Crippen molar-refractivity contribution < 1.29 is 49.1 Å². The summed E-state index contributed by atoms with van der Waals surface area (Å²) in [5.41, 5.74) is 3.74. The van der Waals surface area contributed by atoms with Crippen molar-refractivity contribution in [2.24, 2.45) is 0 Å². The predicted octanol–water partition coefficient (Wildman–Crippen LogP) is 6.30. The molecular formula is C37H34F2N2O9S2. The minimum atomic E-state index is -3.37. The van der Waals surface area contributed by atoms with Gasteiger partial charge in [0.2, 0.25) is 0 Å². The topological polar surface area (TPSA) is 173 Å². The van der Waals surface area contributed by atoms with Crippen LogP contribution in [0, 0.1) is 18.6 Å². The summed E-state index contributed by atoms with van der Waals surface area (Å²) in [5.74, 6) is -1.81. The molecule has 0 aliphatic carbocycles. The first-order valence-corrected chi connectivity index (χ1v) is 19.7. The molecule has 6 aromatic rings. The standard InChI is InChI=1S/C19H18FNO4S.C18H16FNO5S/c1-11-8-15-16(9-13(11)10-26(3,23)24)25-18(17(15)19(22)21-2)12-4-6-14(20)7-5-12;1-20-18(22)16-13-8-14(21)11(9-26(2,23)24)7-15(13)25-17(16)10-3-5-12(19)6-4-10/h4-9H,10H2,1-3H3,(H,21,22);3-8,21H,9H2,1-2H3,(H,20,22). The van der Waals surface area contributed by atoms with Gasteiger partial charge in [0.1, 0.15) is 40.1 Å². The Hall–Kier alpha value is -5.54. The molecule has 0 unspecified atom stereocenters. The van der Waals surface area contributed by atoms with E-state index in [1.165, 1.54) is 81.0 Å². The zero-order valence-electron chi connectivity index (χ0n) is 28.6. The van der Waals surface area contributed by atoms with Crippen LogP contribution in [0.15, 0.2) is 81.6 Å². The van der Waals surface area contributed by atoms with Gasteiger partial charge in [-0.05, 0) is 90.8 Å². The van der Waals surface area contributed by atoms with Crippen molar-refractivity contribution in [2.45, 2.75) is 18.4 Å². The van der Waals surface area contributed by atoms with E-state index < -0.39 is 37.2 Å². The molecule has 6 rings (SSSR count). The van der Waals surface area contributed by atoms with Crippen molar-refractivity contribution in [1.82, 2.24) is 10.6 Å². The molecular weight excluding hydrogens is 719 g/mol. The van der Waals surface area contributed by atoms with Gasteiger partial charge in [-0.25, -0.2) is 25.6 Å². The number of fused-ring (bicyclic) bond motifs is 2. The maximum Gasteiger partial charge on any atom is 0.255 e. The van der Waals surface area contributed by atoms with Crippen molar-refractivity contribution in [3.8, 4) is 28.4 Å². The number of phenolic OH excluding ortho intramolecular Hbond substituents is 1. The molecule has 0 aliphatic heterocycles. The number of carbonyl (C=O) groups excluding carboxylic acids is 2. The van der Waals surface area contributed by atoms with E-state index in [9.17, 15) is 40.3 Å². The van der Waals surface area contributed by atoms with Gasteiger partial charge in [0.15, 0.2) is 19.7 Å². The number of benzene rings is 4. The van der Waals surface area contributed by atoms with Crippen molar-refractivity contribution in [3.05, 3.63) is 112 Å². The number of furan rings is 2. The van der Waals surface area contributed by atoms with Crippen molar-refractivity contribution >= 4 is 53.4 Å². The van der Waals surface area contributed by atoms with E-state index in [2.05, 4.69) is 10.6 Å². The number of phenols is 1. The highest BCUT2D eigenvalue weighted by Crippen LogP contribution is 2.38. The van der Waals surface area contributed by atoms with Crippen molar-refractivity contribution in [1.29, 1.82) is 0 Å². The fourth-order valence-electron chi connectivity index (χ4n) is 5.61. The SMILES string of the molecule is CNC(=O)c1c(-c2ccc(F)cc2)oc2cc(CS(C)(=O)=O)c(C)cc12.CNC(=O)c1c(-c2ccc(F)cc2)oc2cc(CS(C)(=O)=O)c(O)cc12. The predicted molar refractivity (Wildman–Crippen MR) is 193 cm³/mol. The summed E-state index contributed by atoms with van der Waals surface area (Å²) in [7, 11) is -3.62. The molecule has 0 bridgehead atoms. The highest BCUT2D eigenvalue weighted by molar-refractivity contribution is 7.90. The van der Waals surface area contributed by atoms with E-state index in [-0.39, 0.29) is 45.6 Å². The van der Waals surface area contributed by atoms with E-state index >= 15 is 0 Å². The van der Waals surface area contributed by atoms with E-state index in [1.807, 2.05) is 0 Å². The largest absolute Gasteiger partial charge is 0.508 e. The average molecular weight is 753 g/mol. The molecule has 0 spiro atoms. The summed E-state index contributed by atoms with van der Waals surface area (Å²) < 4.78 is 84.4. The second-order valence-electron chi connectivity index (χ2n) is 12.2. The molecule has 0 radical (unpaired) electrons. The van der Waals surface area contributed by atoms with Gasteiger partial charge in [-0.2, -0.15) is 0 Å². The average Bonchev–Trinajstić information content (AvgIpc) is 3.62. The Kier molecular flexibility index (Phi) is 10.6. The van der Waals surface area contributed by atoms with Gasteiger partial charge >= 0.3 is 0 Å². The van der Waals surface area contributed by atoms with Gasteiger partial charge in [-0.1, -0.05) is 0 Å². The highest BCUT2D eigenvalue weighted by atomic mass is 32.2. The van der Waals surface area contributed by atoms with Crippen LogP contribution in [0.1, 0.15) is 37.4 Å². The molecule has 0 saturated carbocycles. The molecule has 0 aliphatic rings. The number of amides is 2. The first kappa shape index (κ1) is 37.7. The van der Waals surface area contributed by atoms with Gasteiger partial charge in [0.05, 0.1) is 22.6 Å². The van der Waals surface area contributed by atoms with Crippen LogP contribution in [-0.2, 0) is 31.2 Å². The van der Waals surface area contributed by atoms with Crippen LogP contribution in [0.4, 0.5) is 8.78 Å². The van der Waals surface area contributed by atoms with Gasteiger partial charge in [-0.3, -0.25) is 9.59 Å². The molecule has 0 saturated heterocycles. The normalized spacial score (nSPS) is 11.7. The number of carbonyl (C=O) groups is 2. The second kappa shape index (κ2) is 14.6. The summed E-state index contributed by atoms with van der Waals surface area (Å²) in [6.07, 6.45) is 2.22. The summed E-state index contributed by atoms with van der Waals surface area (Å²) in [6, 6.07) is 17.1. The van der Waals surface area contributed by atoms with Crippen molar-refractivity contribution in [2.75, 3.05) is 26.6 Å². The molecule has 52 heavy (non-hydrogen) atoms. The molecule has 272 valence electrons. The van der Waals surface area contributed by atoms with Gasteiger partial charge in [-0.15, -0.1) is 0 Å². The lowest BCUT2D eigenvalue weighted by Gasteiger charge is -2.05. The number of sulfone groups is 2. The lowest BCUT2D eigenvalue weighted by molar-refractivity contribution is 0.0956. The number of rotatable bonds is 8. The smallest absolute Gasteiger partial charge is 0.255 e. The molecule has 0 fully saturated rings. The van der Waals surface area contributed by atoms with Crippen LogP contribution < -0.4 is 10.6 Å². The van der Waals surface area contributed by atoms with Gasteiger partial charge in [0.25, 0.3) is 11.8 Å². The Balaban J connectivity index is 0.000000201. The Morgan fingerprint density at radius 3 is 1.44 bits per heavy atom. The molecule has 3 N–H and O–H groups in total. The number of hydrogen-bond donors (Lipinski definition) is 3. The molecule has 2 aromatic heterocycles. The van der Waals surface area contributed by atoms with E-state index in [0.717, 1.165) is 11.8 Å². The monoisotopic (exact) mass is 752 g/mol. The number of halogens is 2. The number of hydrogen-bond acceptors (Lipinski definition) is 9. The maximum absolute atomic E-state index is 13.2. The Labute approximate surface area is 298 Å². The van der Waals surface area contributed by atoms with Crippen LogP contribution >= 0.6 is 0 Å². The summed E-state index contributed by atoms with van der Waals surface area (Å²) in [5, 5.41) is 16.2. The Morgan fingerprint density at radius 1 is 0.654 bits per heavy atom. The lowest BCUT2D eigenvalue weighted by atomic mass is 10.0. The summed E-state index contributed by atoms with van der Waals surface area (Å²) >= 11 is 0. The zero-order valence-corrected chi connectivity index (χ0v) is 30.3. The summed E-state index contributed by atoms with van der Waals surface area (Å²) in [6.45, 7) is 1.79. The van der Waals surface area contributed by atoms with Crippen LogP contribution in [0.2, 0.25) is 0 Å². The number of aryl methyl sites for hydroxylation is 1. The van der Waals surface area contributed by atoms with Crippen LogP contribution in [0.25, 0.3) is 44.6 Å². The molecule has 4 aromatic carbocycles. The maximum atomic E-state index is 13.2. The molecule has 11 nitrogen and oxygen atoms in total. The van der Waals surface area contributed by atoms with E-state index in [0.29, 0.717) is 44.4 Å². The zero-order chi connectivity index (χ0) is 38.1. The first-order chi connectivity index (χ1) is 24.4. The van der Waals surface area contributed by atoms with Crippen molar-refractivity contribution in [3.63, 3.8) is 0 Å². The first-order valence-electron chi connectivity index (χ1n) is 15.5. The fourth-order valence-corrected chi connectivity index (χ4v) is 7.28. The van der Waals surface area contributed by atoms with Gasteiger partial charge < -0.3 is 24.6 Å². The molecule has 0 atom stereocenters. The quantitative estimate of drug-likeness (QED) is 0.161. The van der Waals surface area contributed by atoms with Gasteiger partial charge in [0, 0.05) is 54.1 Å². The van der Waals surface area contributed by atoms with E-state index in [4.69, 9.17) is 8.83 Å².